The molecule has 0 bridgehead atoms. The maximum absolute atomic E-state index is 12.3. The van der Waals surface area contributed by atoms with Crippen LogP contribution in [0.2, 0.25) is 0 Å². The van der Waals surface area contributed by atoms with Gasteiger partial charge in [-0.05, 0) is 20.3 Å². The Morgan fingerprint density at radius 2 is 2.12 bits per heavy atom. The van der Waals surface area contributed by atoms with Gasteiger partial charge in [0.25, 0.3) is 10.0 Å². The van der Waals surface area contributed by atoms with E-state index >= 15 is 0 Å². The van der Waals surface area contributed by atoms with E-state index in [-0.39, 0.29) is 17.2 Å². The van der Waals surface area contributed by atoms with Crippen LogP contribution in [0.3, 0.4) is 0 Å². The third-order valence-corrected chi connectivity index (χ3v) is 5.27. The number of aromatic amines is 1. The molecule has 1 aromatic rings. The quantitative estimate of drug-likeness (QED) is 0.817. The van der Waals surface area contributed by atoms with E-state index in [0.29, 0.717) is 6.42 Å². The van der Waals surface area contributed by atoms with Gasteiger partial charge in [0.15, 0.2) is 5.03 Å². The van der Waals surface area contributed by atoms with Crippen molar-refractivity contribution < 1.29 is 13.5 Å². The van der Waals surface area contributed by atoms with Crippen LogP contribution in [-0.2, 0) is 16.6 Å². The van der Waals surface area contributed by atoms with E-state index in [1.165, 1.54) is 17.5 Å². The number of aliphatic hydroxyl groups is 1. The minimum Gasteiger partial charge on any atom is -0.392 e. The highest BCUT2D eigenvalue weighted by atomic mass is 32.2. The summed E-state index contributed by atoms with van der Waals surface area (Å²) in [4.78, 5) is 0. The molecule has 1 rings (SSSR count). The van der Waals surface area contributed by atoms with Gasteiger partial charge in [-0.25, -0.2) is 8.42 Å². The standard InChI is InChI=1S/C10H19N3O3S/c1-5-10(2,3)13(4)17(15,16)9-8(7-14)6-11-12-9/h6,14H,5,7H2,1-4H3,(H,11,12). The molecule has 0 amide bonds. The fourth-order valence-electron chi connectivity index (χ4n) is 1.32. The van der Waals surface area contributed by atoms with Crippen LogP contribution in [0.4, 0.5) is 0 Å². The molecule has 0 fully saturated rings. The van der Waals surface area contributed by atoms with Crippen molar-refractivity contribution in [3.63, 3.8) is 0 Å². The predicted octanol–water partition coefficient (Wildman–Crippen LogP) is 0.711. The summed E-state index contributed by atoms with van der Waals surface area (Å²) in [5, 5.41) is 15.1. The number of nitrogens with zero attached hydrogens (tertiary/aromatic N) is 2. The second-order valence-corrected chi connectivity index (χ2v) is 6.43. The lowest BCUT2D eigenvalue weighted by Gasteiger charge is -2.33. The summed E-state index contributed by atoms with van der Waals surface area (Å²) in [5.74, 6) is 0. The average Bonchev–Trinajstić information content (AvgIpc) is 2.76. The number of aromatic nitrogens is 2. The highest BCUT2D eigenvalue weighted by molar-refractivity contribution is 7.89. The van der Waals surface area contributed by atoms with Crippen LogP contribution in [0, 0.1) is 0 Å². The maximum Gasteiger partial charge on any atom is 0.260 e. The average molecular weight is 261 g/mol. The number of nitrogens with one attached hydrogen (secondary N) is 1. The topological polar surface area (TPSA) is 86.3 Å². The van der Waals surface area contributed by atoms with Crippen LogP contribution >= 0.6 is 0 Å². The molecular formula is C10H19N3O3S. The van der Waals surface area contributed by atoms with Gasteiger partial charge in [0.2, 0.25) is 0 Å². The minimum absolute atomic E-state index is 0.0379. The molecular weight excluding hydrogens is 242 g/mol. The highest BCUT2D eigenvalue weighted by Gasteiger charge is 2.34. The van der Waals surface area contributed by atoms with E-state index in [2.05, 4.69) is 10.2 Å². The third kappa shape index (κ3) is 2.51. The predicted molar refractivity (Wildman–Crippen MR) is 63.8 cm³/mol. The van der Waals surface area contributed by atoms with E-state index < -0.39 is 15.6 Å². The number of hydrogen-bond donors (Lipinski definition) is 2. The van der Waals surface area contributed by atoms with Crippen LogP contribution in [0.15, 0.2) is 11.2 Å². The van der Waals surface area contributed by atoms with Crippen molar-refractivity contribution >= 4 is 10.0 Å². The summed E-state index contributed by atoms with van der Waals surface area (Å²) in [5.41, 5.74) is -0.208. The lowest BCUT2D eigenvalue weighted by molar-refractivity contribution is 0.253. The van der Waals surface area contributed by atoms with Crippen LogP contribution in [0.25, 0.3) is 0 Å². The first-order chi connectivity index (χ1) is 7.77. The summed E-state index contributed by atoms with van der Waals surface area (Å²) in [7, 11) is -2.12. The monoisotopic (exact) mass is 261 g/mol. The summed E-state index contributed by atoms with van der Waals surface area (Å²) >= 11 is 0. The normalized spacial score (nSPS) is 13.3. The van der Waals surface area contributed by atoms with Crippen molar-refractivity contribution in [3.8, 4) is 0 Å². The van der Waals surface area contributed by atoms with Gasteiger partial charge in [-0.1, -0.05) is 6.92 Å². The zero-order chi connectivity index (χ0) is 13.3. The molecule has 98 valence electrons. The molecule has 1 heterocycles. The first-order valence-electron chi connectivity index (χ1n) is 5.39. The van der Waals surface area contributed by atoms with Gasteiger partial charge in [0.05, 0.1) is 12.8 Å². The maximum atomic E-state index is 12.3. The van der Waals surface area contributed by atoms with Crippen molar-refractivity contribution in [3.05, 3.63) is 11.8 Å². The molecule has 0 saturated carbocycles. The van der Waals surface area contributed by atoms with Crippen LogP contribution in [0.5, 0.6) is 0 Å². The van der Waals surface area contributed by atoms with Gasteiger partial charge >= 0.3 is 0 Å². The number of aliphatic hydroxyl groups excluding tert-OH is 1. The second kappa shape index (κ2) is 4.75. The second-order valence-electron chi connectivity index (χ2n) is 4.52. The molecule has 6 nitrogen and oxygen atoms in total. The molecule has 0 atom stereocenters. The Bertz CT molecular complexity index is 479. The van der Waals surface area contributed by atoms with Gasteiger partial charge in [0.1, 0.15) is 0 Å². The van der Waals surface area contributed by atoms with Crippen molar-refractivity contribution in [2.24, 2.45) is 0 Å². The van der Waals surface area contributed by atoms with E-state index in [0.717, 1.165) is 0 Å². The molecule has 7 heteroatoms. The minimum atomic E-state index is -3.65. The highest BCUT2D eigenvalue weighted by Crippen LogP contribution is 2.25. The largest absolute Gasteiger partial charge is 0.392 e. The number of hydrogen-bond acceptors (Lipinski definition) is 4. The van der Waals surface area contributed by atoms with Gasteiger partial charge in [0, 0.05) is 18.2 Å². The van der Waals surface area contributed by atoms with Gasteiger partial charge in [-0.15, -0.1) is 0 Å². The van der Waals surface area contributed by atoms with Crippen molar-refractivity contribution in [2.45, 2.75) is 44.4 Å². The van der Waals surface area contributed by atoms with Crippen molar-refractivity contribution in [1.29, 1.82) is 0 Å². The lowest BCUT2D eigenvalue weighted by Crippen LogP contribution is -2.44. The molecule has 0 aliphatic carbocycles. The van der Waals surface area contributed by atoms with Crippen LogP contribution in [0.1, 0.15) is 32.8 Å². The summed E-state index contributed by atoms with van der Waals surface area (Å²) in [6.45, 7) is 5.26. The summed E-state index contributed by atoms with van der Waals surface area (Å²) in [6.07, 6.45) is 2.00. The summed E-state index contributed by atoms with van der Waals surface area (Å²) in [6, 6.07) is 0. The van der Waals surface area contributed by atoms with E-state index in [1.807, 2.05) is 20.8 Å². The Morgan fingerprint density at radius 3 is 2.59 bits per heavy atom. The Kier molecular flexibility index (Phi) is 3.95. The SMILES string of the molecule is CCC(C)(C)N(C)S(=O)(=O)c1[nH]ncc1CO. The van der Waals surface area contributed by atoms with Gasteiger partial charge in [-0.3, -0.25) is 5.10 Å². The zero-order valence-corrected chi connectivity index (χ0v) is 11.4. The lowest BCUT2D eigenvalue weighted by atomic mass is 10.0. The number of sulfonamides is 1. The number of rotatable bonds is 5. The van der Waals surface area contributed by atoms with Gasteiger partial charge in [-0.2, -0.15) is 9.40 Å². The Hall–Kier alpha value is -0.920. The molecule has 17 heavy (non-hydrogen) atoms. The van der Waals surface area contributed by atoms with E-state index in [4.69, 9.17) is 5.11 Å². The van der Waals surface area contributed by atoms with E-state index in [1.54, 1.807) is 0 Å². The smallest absolute Gasteiger partial charge is 0.260 e. The van der Waals surface area contributed by atoms with Gasteiger partial charge < -0.3 is 5.11 Å². The summed E-state index contributed by atoms with van der Waals surface area (Å²) < 4.78 is 25.9. The molecule has 0 aliphatic rings. The van der Waals surface area contributed by atoms with Crippen LogP contribution < -0.4 is 0 Å². The molecule has 0 aromatic carbocycles. The molecule has 1 aromatic heterocycles. The van der Waals surface area contributed by atoms with Crippen molar-refractivity contribution in [1.82, 2.24) is 14.5 Å². The Labute approximate surface area is 102 Å². The molecule has 0 unspecified atom stereocenters. The van der Waals surface area contributed by atoms with Crippen molar-refractivity contribution in [2.75, 3.05) is 7.05 Å². The first-order valence-corrected chi connectivity index (χ1v) is 6.83. The van der Waals surface area contributed by atoms with E-state index in [9.17, 15) is 8.42 Å². The molecule has 0 radical (unpaired) electrons. The Balaban J connectivity index is 3.21. The molecule has 2 N–H and O–H groups in total. The number of H-pyrrole nitrogens is 1. The molecule has 0 aliphatic heterocycles. The molecule has 0 saturated heterocycles. The fourth-order valence-corrected chi connectivity index (χ4v) is 2.99. The van der Waals surface area contributed by atoms with Crippen LogP contribution in [-0.4, -0.2) is 40.6 Å². The Morgan fingerprint density at radius 1 is 1.53 bits per heavy atom. The zero-order valence-electron chi connectivity index (χ0n) is 10.6. The fraction of sp³-hybridized carbons (Fsp3) is 0.700. The third-order valence-electron chi connectivity index (χ3n) is 3.18. The first kappa shape index (κ1) is 14.1. The molecule has 0 spiro atoms.